The van der Waals surface area contributed by atoms with Crippen LogP contribution in [0.5, 0.6) is 0 Å². The largest absolute Gasteiger partial charge is 0.412 e. The van der Waals surface area contributed by atoms with Crippen LogP contribution in [0.2, 0.25) is 10.0 Å². The van der Waals surface area contributed by atoms with E-state index in [1.54, 1.807) is 9.91 Å². The topological polar surface area (TPSA) is 119 Å². The average Bonchev–Trinajstić information content (AvgIpc) is 2.96. The predicted molar refractivity (Wildman–Crippen MR) is 179 cm³/mol. The third-order valence-corrected chi connectivity index (χ3v) is 8.49. The monoisotopic (exact) mass is 652 g/mol. The molecule has 0 aromatic heterocycles. The van der Waals surface area contributed by atoms with E-state index in [-0.39, 0.29) is 41.2 Å². The maximum absolute atomic E-state index is 13.9. The molecule has 1 heterocycles. The molecule has 11 heteroatoms. The fraction of sp³-hybridized carbons (Fsp3) is 0.375. The number of anilines is 1. The number of nitrogens with zero attached hydrogens (tertiary/aromatic N) is 3. The Bertz CT molecular complexity index is 1330. The third-order valence-electron chi connectivity index (χ3n) is 7.75. The molecule has 8 nitrogen and oxygen atoms in total. The van der Waals surface area contributed by atoms with Gasteiger partial charge in [0.1, 0.15) is 0 Å². The molecule has 3 aromatic rings. The first-order valence-corrected chi connectivity index (χ1v) is 14.5. The maximum atomic E-state index is 13.9. The van der Waals surface area contributed by atoms with E-state index >= 15 is 0 Å². The number of hydrazine groups is 1. The Balaban J connectivity index is 0.00000308. The lowest BCUT2D eigenvalue weighted by Crippen LogP contribution is -2.55. The number of hydrogen-bond donors (Lipinski definition) is 1. The van der Waals surface area contributed by atoms with Crippen molar-refractivity contribution < 1.29 is 20.5 Å². The van der Waals surface area contributed by atoms with E-state index in [4.69, 9.17) is 23.2 Å². The maximum Gasteiger partial charge on any atom is 0.253 e. The van der Waals surface area contributed by atoms with Crippen LogP contribution in [0.15, 0.2) is 72.8 Å². The first kappa shape index (κ1) is 38.2. The Morgan fingerprint density at radius 3 is 2.19 bits per heavy atom. The van der Waals surface area contributed by atoms with Gasteiger partial charge >= 0.3 is 0 Å². The Kier molecular flexibility index (Phi) is 15.0. The van der Waals surface area contributed by atoms with E-state index in [1.165, 1.54) is 0 Å². The van der Waals surface area contributed by atoms with Gasteiger partial charge in [-0.25, -0.2) is 5.01 Å². The van der Waals surface area contributed by atoms with Crippen LogP contribution in [0.3, 0.4) is 0 Å². The zero-order chi connectivity index (χ0) is 28.9. The number of nitrogens with one attached hydrogen (secondary N) is 1. The van der Waals surface area contributed by atoms with Crippen molar-refractivity contribution in [3.05, 3.63) is 99.5 Å². The summed E-state index contributed by atoms with van der Waals surface area (Å²) in [6.07, 6.45) is 3.17. The van der Waals surface area contributed by atoms with Crippen molar-refractivity contribution in [2.75, 3.05) is 39.1 Å². The van der Waals surface area contributed by atoms with Crippen LogP contribution in [0.1, 0.15) is 60.1 Å². The Hall–Kier alpha value is -2.85. The van der Waals surface area contributed by atoms with Crippen LogP contribution in [0, 0.1) is 0 Å². The molecule has 5 N–H and O–H groups in total. The van der Waals surface area contributed by atoms with Crippen molar-refractivity contribution in [2.45, 2.75) is 44.1 Å². The Morgan fingerprint density at radius 1 is 0.953 bits per heavy atom. The van der Waals surface area contributed by atoms with Crippen LogP contribution in [-0.2, 0) is 10.2 Å². The molecule has 0 aliphatic carbocycles. The normalized spacial score (nSPS) is 17.7. The quantitative estimate of drug-likeness (QED) is 0.306. The van der Waals surface area contributed by atoms with Gasteiger partial charge < -0.3 is 20.8 Å². The molecule has 3 aromatic carbocycles. The van der Waals surface area contributed by atoms with Gasteiger partial charge in [0.25, 0.3) is 5.91 Å². The molecular weight excluding hydrogens is 611 g/mol. The summed E-state index contributed by atoms with van der Waals surface area (Å²) in [7, 11) is 5.49. The van der Waals surface area contributed by atoms with Crippen molar-refractivity contribution in [3.63, 3.8) is 0 Å². The van der Waals surface area contributed by atoms with Crippen LogP contribution in [0.4, 0.5) is 5.69 Å². The molecule has 236 valence electrons. The average molecular weight is 654 g/mol. The molecule has 1 saturated heterocycles. The second-order valence-electron chi connectivity index (χ2n) is 10.7. The zero-order valence-electron chi connectivity index (χ0n) is 25.1. The van der Waals surface area contributed by atoms with E-state index in [2.05, 4.69) is 17.2 Å². The molecule has 1 fully saturated rings. The summed E-state index contributed by atoms with van der Waals surface area (Å²) in [4.78, 5) is 30.9. The zero-order valence-corrected chi connectivity index (χ0v) is 27.4. The highest BCUT2D eigenvalue weighted by atomic mass is 35.5. The molecule has 0 bridgehead atoms. The number of rotatable bonds is 9. The van der Waals surface area contributed by atoms with E-state index in [0.29, 0.717) is 35.0 Å². The number of halogens is 3. The summed E-state index contributed by atoms with van der Waals surface area (Å²) in [6, 6.07) is 23.3. The summed E-state index contributed by atoms with van der Waals surface area (Å²) < 4.78 is 0. The first-order chi connectivity index (χ1) is 19.2. The van der Waals surface area contributed by atoms with Crippen molar-refractivity contribution >= 4 is 53.1 Å². The van der Waals surface area contributed by atoms with Gasteiger partial charge in [0.15, 0.2) is 0 Å². The predicted octanol–water partition coefficient (Wildman–Crippen LogP) is 5.51. The van der Waals surface area contributed by atoms with Crippen LogP contribution in [-0.4, -0.2) is 66.9 Å². The van der Waals surface area contributed by atoms with Crippen molar-refractivity contribution in [3.8, 4) is 0 Å². The van der Waals surface area contributed by atoms with Gasteiger partial charge in [-0.1, -0.05) is 72.9 Å². The Morgan fingerprint density at radius 2 is 1.60 bits per heavy atom. The van der Waals surface area contributed by atoms with Gasteiger partial charge in [0, 0.05) is 45.5 Å². The minimum atomic E-state index is -0.753. The summed E-state index contributed by atoms with van der Waals surface area (Å²) >= 11 is 12.8. The lowest BCUT2D eigenvalue weighted by Gasteiger charge is -2.47. The van der Waals surface area contributed by atoms with E-state index in [0.717, 1.165) is 36.2 Å². The summed E-state index contributed by atoms with van der Waals surface area (Å²) in [5.74, 6) is -0.0207. The highest BCUT2D eigenvalue weighted by molar-refractivity contribution is 6.42. The Labute approximate surface area is 270 Å². The number of piperidine rings is 1. The van der Waals surface area contributed by atoms with Gasteiger partial charge in [-0.3, -0.25) is 15.0 Å². The van der Waals surface area contributed by atoms with Gasteiger partial charge in [-0.15, -0.1) is 12.4 Å². The first-order valence-electron chi connectivity index (χ1n) is 13.8. The van der Waals surface area contributed by atoms with E-state index in [9.17, 15) is 9.59 Å². The number of carbonyl (C=O) groups excluding carboxylic acids is 2. The lowest BCUT2D eigenvalue weighted by molar-refractivity contribution is -0.132. The number of hydrogen-bond acceptors (Lipinski definition) is 4. The number of unbranched alkanes of at least 4 members (excludes halogenated alkanes) is 1. The molecule has 0 saturated carbocycles. The summed E-state index contributed by atoms with van der Waals surface area (Å²) in [5.41, 5.74) is 5.88. The number of amides is 2. The van der Waals surface area contributed by atoms with Gasteiger partial charge in [-0.2, -0.15) is 0 Å². The van der Waals surface area contributed by atoms with Gasteiger partial charge in [0.2, 0.25) is 5.91 Å². The molecular formula is C32H43Cl3N4O4. The molecule has 2 unspecified atom stereocenters. The van der Waals surface area contributed by atoms with Crippen LogP contribution in [0.25, 0.3) is 0 Å². The number of benzene rings is 3. The van der Waals surface area contributed by atoms with Crippen LogP contribution >= 0.6 is 35.6 Å². The SMILES string of the molecule is CCCCN(C)C(=O)c1ccc(N2CCC(C(=O)NN(C)C)(c3ccccc3)CC2c2ccc(Cl)c(Cl)c2)cc1.Cl.O.O. The molecule has 1 aliphatic heterocycles. The van der Waals surface area contributed by atoms with Gasteiger partial charge in [-0.05, 0) is 66.8 Å². The van der Waals surface area contributed by atoms with Crippen molar-refractivity contribution in [1.29, 1.82) is 0 Å². The highest BCUT2D eigenvalue weighted by Crippen LogP contribution is 2.47. The van der Waals surface area contributed by atoms with Crippen molar-refractivity contribution in [1.82, 2.24) is 15.3 Å². The molecule has 2 amide bonds. The van der Waals surface area contributed by atoms with Crippen LogP contribution < -0.4 is 10.3 Å². The van der Waals surface area contributed by atoms with E-state index < -0.39 is 5.41 Å². The molecule has 1 aliphatic rings. The molecule has 0 radical (unpaired) electrons. The smallest absolute Gasteiger partial charge is 0.253 e. The fourth-order valence-electron chi connectivity index (χ4n) is 5.52. The molecule has 4 rings (SSSR count). The van der Waals surface area contributed by atoms with Crippen molar-refractivity contribution in [2.24, 2.45) is 0 Å². The minimum absolute atomic E-state index is 0. The number of carbonyl (C=O) groups is 2. The fourth-order valence-corrected chi connectivity index (χ4v) is 5.82. The van der Waals surface area contributed by atoms with Gasteiger partial charge in [0.05, 0.1) is 21.5 Å². The highest BCUT2D eigenvalue weighted by Gasteiger charge is 2.47. The third kappa shape index (κ3) is 8.62. The van der Waals surface area contributed by atoms with E-state index in [1.807, 2.05) is 93.9 Å². The molecule has 43 heavy (non-hydrogen) atoms. The molecule has 2 atom stereocenters. The minimum Gasteiger partial charge on any atom is -0.412 e. The lowest BCUT2D eigenvalue weighted by atomic mass is 9.68. The summed E-state index contributed by atoms with van der Waals surface area (Å²) in [6.45, 7) is 3.48. The second kappa shape index (κ2) is 16.9. The second-order valence-corrected chi connectivity index (χ2v) is 11.6. The molecule has 0 spiro atoms. The standard InChI is InChI=1S/C32H38Cl2N4O2.ClH.2H2O/c1-5-6-19-37(4)30(39)23-12-15-26(16-13-23)38-20-18-32(31(40)35-36(2)3,25-10-8-7-9-11-25)22-29(38)24-14-17-27(33)28(34)21-24;;;/h7-17,21,29H,5-6,18-20,22H2,1-4H3,(H,35,40);1H;2*1H2. The summed E-state index contributed by atoms with van der Waals surface area (Å²) in [5, 5.41) is 2.66.